The number of hydrogen-bond acceptors (Lipinski definition) is 5. The fraction of sp³-hybridized carbons (Fsp3) is 0.737. The van der Waals surface area contributed by atoms with Crippen molar-refractivity contribution in [2.75, 3.05) is 0 Å². The standard InChI is InChI=1S/C19H24ClN3O3/c20-18-21-9-14(17(23-18)26-13-2-1-3-13)16(24)22-15-11-4-10-5-12(15)8-19(25,6-10)7-11/h9-13,15,25H,1-8H2,(H,22,24)/t10?,11?,12?,15-,19+. The molecule has 2 atom stereocenters. The zero-order valence-corrected chi connectivity index (χ0v) is 15.4. The summed E-state index contributed by atoms with van der Waals surface area (Å²) in [6.45, 7) is 0. The second-order valence-electron chi connectivity index (χ2n) is 8.72. The Morgan fingerprint density at radius 1 is 1.27 bits per heavy atom. The summed E-state index contributed by atoms with van der Waals surface area (Å²) in [4.78, 5) is 21.1. The molecule has 5 fully saturated rings. The van der Waals surface area contributed by atoms with Gasteiger partial charge in [-0.15, -0.1) is 0 Å². The van der Waals surface area contributed by atoms with Gasteiger partial charge in [0, 0.05) is 12.2 Å². The first-order chi connectivity index (χ1) is 12.5. The lowest BCUT2D eigenvalue weighted by Gasteiger charge is -2.58. The highest BCUT2D eigenvalue weighted by atomic mass is 35.5. The van der Waals surface area contributed by atoms with Crippen LogP contribution in [0.15, 0.2) is 6.20 Å². The number of aliphatic hydroxyl groups is 1. The van der Waals surface area contributed by atoms with Gasteiger partial charge in [0.1, 0.15) is 11.7 Å². The van der Waals surface area contributed by atoms with Crippen molar-refractivity contribution >= 4 is 17.5 Å². The Morgan fingerprint density at radius 3 is 2.62 bits per heavy atom. The number of carbonyl (C=O) groups excluding carboxylic acids is 1. The number of rotatable bonds is 4. The number of hydrogen-bond donors (Lipinski definition) is 2. The number of ether oxygens (including phenoxy) is 1. The molecule has 1 heterocycles. The summed E-state index contributed by atoms with van der Waals surface area (Å²) in [5.74, 6) is 1.43. The van der Waals surface area contributed by atoms with Crippen molar-refractivity contribution in [3.8, 4) is 5.88 Å². The van der Waals surface area contributed by atoms with E-state index in [1.165, 1.54) is 6.20 Å². The third kappa shape index (κ3) is 2.87. The summed E-state index contributed by atoms with van der Waals surface area (Å²) >= 11 is 5.91. The van der Waals surface area contributed by atoms with E-state index < -0.39 is 5.60 Å². The minimum absolute atomic E-state index is 0.0905. The van der Waals surface area contributed by atoms with Crippen LogP contribution in [0.25, 0.3) is 0 Å². The summed E-state index contributed by atoms with van der Waals surface area (Å²) < 4.78 is 5.87. The molecular weight excluding hydrogens is 354 g/mol. The molecule has 26 heavy (non-hydrogen) atoms. The molecule has 1 aromatic rings. The van der Waals surface area contributed by atoms with Crippen LogP contribution in [-0.2, 0) is 0 Å². The molecule has 6 nitrogen and oxygen atoms in total. The normalized spacial score (nSPS) is 38.1. The molecular formula is C19H24ClN3O3. The molecule has 0 aromatic carbocycles. The largest absolute Gasteiger partial charge is 0.474 e. The Labute approximate surface area is 157 Å². The number of carbonyl (C=O) groups is 1. The van der Waals surface area contributed by atoms with E-state index in [4.69, 9.17) is 16.3 Å². The Hall–Kier alpha value is -1.40. The maximum absolute atomic E-state index is 13.0. The maximum atomic E-state index is 13.0. The van der Waals surface area contributed by atoms with Crippen molar-refractivity contribution in [3.05, 3.63) is 17.0 Å². The maximum Gasteiger partial charge on any atom is 0.258 e. The smallest absolute Gasteiger partial charge is 0.258 e. The molecule has 5 aliphatic carbocycles. The van der Waals surface area contributed by atoms with Crippen molar-refractivity contribution in [2.24, 2.45) is 17.8 Å². The number of nitrogens with one attached hydrogen (secondary N) is 1. The molecule has 0 radical (unpaired) electrons. The van der Waals surface area contributed by atoms with Crippen LogP contribution in [-0.4, -0.2) is 38.7 Å². The van der Waals surface area contributed by atoms with E-state index in [1.54, 1.807) is 0 Å². The Bertz CT molecular complexity index is 723. The summed E-state index contributed by atoms with van der Waals surface area (Å²) in [5, 5.41) is 14.0. The number of amides is 1. The van der Waals surface area contributed by atoms with Crippen molar-refractivity contribution in [3.63, 3.8) is 0 Å². The first-order valence-corrected chi connectivity index (χ1v) is 10.1. The van der Waals surface area contributed by atoms with Gasteiger partial charge in [-0.1, -0.05) is 0 Å². The molecule has 140 valence electrons. The highest BCUT2D eigenvalue weighted by Crippen LogP contribution is 2.55. The minimum atomic E-state index is -0.500. The van der Waals surface area contributed by atoms with Gasteiger partial charge in [-0.3, -0.25) is 4.79 Å². The molecule has 1 aromatic heterocycles. The number of halogens is 1. The van der Waals surface area contributed by atoms with E-state index >= 15 is 0 Å². The van der Waals surface area contributed by atoms with Crippen molar-refractivity contribution in [2.45, 2.75) is 69.1 Å². The fourth-order valence-corrected chi connectivity index (χ4v) is 5.81. The third-order valence-electron chi connectivity index (χ3n) is 6.84. The average Bonchev–Trinajstić information content (AvgIpc) is 2.53. The lowest BCUT2D eigenvalue weighted by Crippen LogP contribution is -2.61. The molecule has 2 unspecified atom stereocenters. The van der Waals surface area contributed by atoms with E-state index in [0.717, 1.165) is 51.4 Å². The zero-order chi connectivity index (χ0) is 17.9. The highest BCUT2D eigenvalue weighted by molar-refractivity contribution is 6.28. The summed E-state index contributed by atoms with van der Waals surface area (Å²) in [6.07, 6.45) is 9.42. The molecule has 0 spiro atoms. The predicted molar refractivity (Wildman–Crippen MR) is 95.1 cm³/mol. The lowest BCUT2D eigenvalue weighted by atomic mass is 9.52. The van der Waals surface area contributed by atoms with Gasteiger partial charge in [0.2, 0.25) is 11.2 Å². The molecule has 6 rings (SSSR count). The minimum Gasteiger partial charge on any atom is -0.474 e. The molecule has 5 saturated carbocycles. The van der Waals surface area contributed by atoms with Gasteiger partial charge >= 0.3 is 0 Å². The van der Waals surface area contributed by atoms with Crippen LogP contribution in [0.3, 0.4) is 0 Å². The van der Waals surface area contributed by atoms with Gasteiger partial charge in [-0.25, -0.2) is 4.98 Å². The second-order valence-corrected chi connectivity index (χ2v) is 9.06. The van der Waals surface area contributed by atoms with E-state index in [2.05, 4.69) is 15.3 Å². The van der Waals surface area contributed by atoms with Crippen molar-refractivity contribution in [1.82, 2.24) is 15.3 Å². The fourth-order valence-electron chi connectivity index (χ4n) is 5.68. The van der Waals surface area contributed by atoms with Crippen LogP contribution in [0.1, 0.15) is 61.7 Å². The Balaban J connectivity index is 1.34. The van der Waals surface area contributed by atoms with E-state index in [-0.39, 0.29) is 29.2 Å². The molecule has 2 N–H and O–H groups in total. The van der Waals surface area contributed by atoms with Gasteiger partial charge < -0.3 is 15.2 Å². The lowest BCUT2D eigenvalue weighted by molar-refractivity contribution is -0.136. The average molecular weight is 378 g/mol. The van der Waals surface area contributed by atoms with Crippen LogP contribution in [0.2, 0.25) is 5.28 Å². The zero-order valence-electron chi connectivity index (χ0n) is 14.7. The van der Waals surface area contributed by atoms with Gasteiger partial charge in [0.05, 0.1) is 5.60 Å². The molecule has 0 aliphatic heterocycles. The van der Waals surface area contributed by atoms with Gasteiger partial charge in [0.15, 0.2) is 0 Å². The SMILES string of the molecule is O=C(N[C@H]1C2CC3CC1C[C@@](O)(C3)C2)c1cnc(Cl)nc1OC1CCC1. The second kappa shape index (κ2) is 6.06. The highest BCUT2D eigenvalue weighted by Gasteiger charge is 2.55. The Morgan fingerprint density at radius 2 is 2.00 bits per heavy atom. The van der Waals surface area contributed by atoms with E-state index in [1.807, 2.05) is 0 Å². The quantitative estimate of drug-likeness (QED) is 0.788. The topological polar surface area (TPSA) is 84.3 Å². The third-order valence-corrected chi connectivity index (χ3v) is 7.02. The molecule has 7 heteroatoms. The van der Waals surface area contributed by atoms with Crippen LogP contribution < -0.4 is 10.1 Å². The molecule has 1 amide bonds. The van der Waals surface area contributed by atoms with Crippen LogP contribution in [0, 0.1) is 17.8 Å². The number of aromatic nitrogens is 2. The van der Waals surface area contributed by atoms with Gasteiger partial charge in [-0.05, 0) is 80.7 Å². The number of nitrogens with zero attached hydrogens (tertiary/aromatic N) is 2. The van der Waals surface area contributed by atoms with Crippen LogP contribution in [0.4, 0.5) is 0 Å². The van der Waals surface area contributed by atoms with Crippen LogP contribution >= 0.6 is 11.6 Å². The molecule has 4 bridgehead atoms. The van der Waals surface area contributed by atoms with Gasteiger partial charge in [-0.2, -0.15) is 4.98 Å². The summed E-state index contributed by atoms with van der Waals surface area (Å²) in [5.41, 5.74) is -0.145. The predicted octanol–water partition coefficient (Wildman–Crippen LogP) is 2.73. The van der Waals surface area contributed by atoms with E-state index in [0.29, 0.717) is 23.3 Å². The monoisotopic (exact) mass is 377 g/mol. The first kappa shape index (κ1) is 16.8. The van der Waals surface area contributed by atoms with Crippen LogP contribution in [0.5, 0.6) is 5.88 Å². The first-order valence-electron chi connectivity index (χ1n) is 9.71. The summed E-state index contributed by atoms with van der Waals surface area (Å²) in [7, 11) is 0. The van der Waals surface area contributed by atoms with Crippen molar-refractivity contribution in [1.29, 1.82) is 0 Å². The Kier molecular flexibility index (Phi) is 3.90. The van der Waals surface area contributed by atoms with Gasteiger partial charge in [0.25, 0.3) is 5.91 Å². The molecule has 5 aliphatic rings. The molecule has 0 saturated heterocycles. The summed E-state index contributed by atoms with van der Waals surface area (Å²) in [6, 6.07) is 0.117. The van der Waals surface area contributed by atoms with Crippen molar-refractivity contribution < 1.29 is 14.6 Å². The van der Waals surface area contributed by atoms with E-state index in [9.17, 15) is 9.90 Å².